The van der Waals surface area contributed by atoms with Gasteiger partial charge in [-0.05, 0) is 18.2 Å². The van der Waals surface area contributed by atoms with Crippen LogP contribution in [-0.4, -0.2) is 39.1 Å². The van der Waals surface area contributed by atoms with Gasteiger partial charge in [0.2, 0.25) is 10.0 Å². The van der Waals surface area contributed by atoms with E-state index in [4.69, 9.17) is 10.2 Å². The number of aliphatic carboxylic acids is 1. The van der Waals surface area contributed by atoms with Crippen molar-refractivity contribution in [2.45, 2.75) is 11.3 Å². The zero-order valence-corrected chi connectivity index (χ0v) is 11.4. The molecule has 1 aromatic rings. The fourth-order valence-corrected chi connectivity index (χ4v) is 1.98. The molecule has 0 radical (unpaired) electrons. The first kappa shape index (κ1) is 15.9. The average Bonchev–Trinajstić information content (AvgIpc) is 2.36. The molecule has 0 spiro atoms. The van der Waals surface area contributed by atoms with Crippen molar-refractivity contribution in [3.8, 4) is 0 Å². The highest BCUT2D eigenvalue weighted by molar-refractivity contribution is 7.89. The number of hydrogen-bond acceptors (Lipinski definition) is 6. The predicted octanol–water partition coefficient (Wildman–Crippen LogP) is 0.00720. The third-order valence-electron chi connectivity index (χ3n) is 2.38. The third kappa shape index (κ3) is 4.21. The van der Waals surface area contributed by atoms with Crippen LogP contribution in [0.2, 0.25) is 0 Å². The topological polar surface area (TPSA) is 136 Å². The largest absolute Gasteiger partial charge is 0.481 e. The van der Waals surface area contributed by atoms with Gasteiger partial charge in [-0.3, -0.25) is 4.79 Å². The van der Waals surface area contributed by atoms with Gasteiger partial charge >= 0.3 is 11.9 Å². The highest BCUT2D eigenvalue weighted by atomic mass is 32.2. The molecular formula is C11H14N2O6S. The second kappa shape index (κ2) is 6.35. The lowest BCUT2D eigenvalue weighted by Gasteiger charge is -2.11. The smallest absolute Gasteiger partial charge is 0.340 e. The summed E-state index contributed by atoms with van der Waals surface area (Å²) >= 11 is 0. The lowest BCUT2D eigenvalue weighted by atomic mass is 10.1. The van der Waals surface area contributed by atoms with E-state index >= 15 is 0 Å². The fraction of sp³-hybridized carbons (Fsp3) is 0.273. The van der Waals surface area contributed by atoms with Crippen molar-refractivity contribution in [2.75, 3.05) is 19.0 Å². The number of ether oxygens (including phenoxy) is 1. The van der Waals surface area contributed by atoms with E-state index in [1.165, 1.54) is 12.1 Å². The molecule has 0 aliphatic carbocycles. The number of sulfonamides is 1. The number of esters is 1. The average molecular weight is 302 g/mol. The highest BCUT2D eigenvalue weighted by Crippen LogP contribution is 2.20. The molecule has 0 aromatic heterocycles. The summed E-state index contributed by atoms with van der Waals surface area (Å²) in [5.41, 5.74) is 0.231. The summed E-state index contributed by atoms with van der Waals surface area (Å²) in [5, 5.41) is 16.2. The van der Waals surface area contributed by atoms with Gasteiger partial charge in [0.15, 0.2) is 0 Å². The van der Waals surface area contributed by atoms with Gasteiger partial charge in [0.05, 0.1) is 24.0 Å². The summed E-state index contributed by atoms with van der Waals surface area (Å²) in [6.45, 7) is 0.0774. The fourth-order valence-electron chi connectivity index (χ4n) is 1.44. The summed E-state index contributed by atoms with van der Waals surface area (Å²) in [6, 6.07) is 3.61. The Morgan fingerprint density at radius 2 is 2.05 bits per heavy atom. The van der Waals surface area contributed by atoms with Gasteiger partial charge in [-0.25, -0.2) is 18.4 Å². The number of nitrogens with two attached hydrogens (primary N) is 1. The molecule has 0 saturated heterocycles. The van der Waals surface area contributed by atoms with E-state index in [-0.39, 0.29) is 29.1 Å². The van der Waals surface area contributed by atoms with Crippen LogP contribution in [0.3, 0.4) is 0 Å². The van der Waals surface area contributed by atoms with Crippen molar-refractivity contribution in [1.82, 2.24) is 0 Å². The van der Waals surface area contributed by atoms with Gasteiger partial charge in [0.25, 0.3) is 0 Å². The molecule has 1 rings (SSSR count). The Morgan fingerprint density at radius 3 is 2.55 bits per heavy atom. The van der Waals surface area contributed by atoms with Gasteiger partial charge in [-0.1, -0.05) is 0 Å². The highest BCUT2D eigenvalue weighted by Gasteiger charge is 2.17. The Kier molecular flexibility index (Phi) is 5.06. The maximum absolute atomic E-state index is 11.6. The Labute approximate surface area is 115 Å². The van der Waals surface area contributed by atoms with Crippen LogP contribution in [0, 0.1) is 0 Å². The van der Waals surface area contributed by atoms with Gasteiger partial charge in [0, 0.05) is 12.2 Å². The predicted molar refractivity (Wildman–Crippen MR) is 69.9 cm³/mol. The first-order valence-corrected chi connectivity index (χ1v) is 7.01. The van der Waals surface area contributed by atoms with Crippen molar-refractivity contribution in [3.05, 3.63) is 23.8 Å². The van der Waals surface area contributed by atoms with Gasteiger partial charge in [-0.2, -0.15) is 0 Å². The first-order valence-electron chi connectivity index (χ1n) is 5.46. The molecule has 110 valence electrons. The van der Waals surface area contributed by atoms with Crippen molar-refractivity contribution in [2.24, 2.45) is 5.14 Å². The van der Waals surface area contributed by atoms with E-state index in [9.17, 15) is 18.0 Å². The van der Waals surface area contributed by atoms with Crippen LogP contribution in [0.15, 0.2) is 23.1 Å². The molecule has 0 heterocycles. The Balaban J connectivity index is 3.11. The summed E-state index contributed by atoms with van der Waals surface area (Å²) in [7, 11) is -2.80. The van der Waals surface area contributed by atoms with Crippen LogP contribution in [0.4, 0.5) is 5.69 Å². The first-order chi connectivity index (χ1) is 9.25. The number of benzene rings is 1. The molecule has 9 heteroatoms. The van der Waals surface area contributed by atoms with Crippen LogP contribution < -0.4 is 10.5 Å². The number of carboxylic acid groups (broad SMARTS) is 1. The van der Waals surface area contributed by atoms with E-state index in [1.807, 2.05) is 0 Å². The molecule has 0 aliphatic rings. The molecule has 0 aliphatic heterocycles. The van der Waals surface area contributed by atoms with E-state index in [0.29, 0.717) is 0 Å². The number of carbonyl (C=O) groups excluding carboxylic acids is 1. The maximum atomic E-state index is 11.6. The minimum atomic E-state index is -3.95. The van der Waals surface area contributed by atoms with E-state index in [1.54, 1.807) is 0 Å². The van der Waals surface area contributed by atoms with E-state index < -0.39 is 22.0 Å². The van der Waals surface area contributed by atoms with Gasteiger partial charge in [0.1, 0.15) is 0 Å². The van der Waals surface area contributed by atoms with E-state index in [2.05, 4.69) is 10.1 Å². The van der Waals surface area contributed by atoms with Crippen molar-refractivity contribution in [1.29, 1.82) is 0 Å². The van der Waals surface area contributed by atoms with Crippen LogP contribution >= 0.6 is 0 Å². The van der Waals surface area contributed by atoms with Crippen LogP contribution in [0.5, 0.6) is 0 Å². The molecule has 1 aromatic carbocycles. The quantitative estimate of drug-likeness (QED) is 0.629. The summed E-state index contributed by atoms with van der Waals surface area (Å²) in [5.74, 6) is -1.76. The molecule has 0 unspecified atom stereocenters. The molecule has 8 nitrogen and oxygen atoms in total. The number of rotatable bonds is 6. The summed E-state index contributed by atoms with van der Waals surface area (Å²) in [6.07, 6.45) is -0.155. The van der Waals surface area contributed by atoms with Gasteiger partial charge in [-0.15, -0.1) is 0 Å². The molecular weight excluding hydrogens is 288 g/mol. The van der Waals surface area contributed by atoms with Crippen molar-refractivity contribution < 1.29 is 27.9 Å². The van der Waals surface area contributed by atoms with Crippen LogP contribution in [0.1, 0.15) is 16.8 Å². The SMILES string of the molecule is COC(=O)c1cc(S(N)(=O)=O)ccc1NCCC(=O)O. The maximum Gasteiger partial charge on any atom is 0.340 e. The van der Waals surface area contributed by atoms with Crippen molar-refractivity contribution in [3.63, 3.8) is 0 Å². The molecule has 4 N–H and O–H groups in total. The number of nitrogens with one attached hydrogen (secondary N) is 1. The monoisotopic (exact) mass is 302 g/mol. The molecule has 0 bridgehead atoms. The molecule has 0 amide bonds. The molecule has 0 fully saturated rings. The Hall–Kier alpha value is -2.13. The standard InChI is InChI=1S/C11H14N2O6S/c1-19-11(16)8-6-7(20(12,17)18)2-3-9(8)13-5-4-10(14)15/h2-3,6,13H,4-5H2,1H3,(H,14,15)(H2,12,17,18). The molecule has 0 atom stereocenters. The molecule has 0 saturated carbocycles. The normalized spacial score (nSPS) is 10.9. The van der Waals surface area contributed by atoms with Crippen LogP contribution in [-0.2, 0) is 19.6 Å². The minimum Gasteiger partial charge on any atom is -0.481 e. The van der Waals surface area contributed by atoms with Gasteiger partial charge < -0.3 is 15.2 Å². The lowest BCUT2D eigenvalue weighted by Crippen LogP contribution is -2.16. The number of primary sulfonamides is 1. The second-order valence-corrected chi connectivity index (χ2v) is 5.38. The zero-order chi connectivity index (χ0) is 15.3. The Morgan fingerprint density at radius 1 is 1.40 bits per heavy atom. The second-order valence-electron chi connectivity index (χ2n) is 3.81. The number of methoxy groups -OCH3 is 1. The van der Waals surface area contributed by atoms with Crippen molar-refractivity contribution >= 4 is 27.6 Å². The van der Waals surface area contributed by atoms with Crippen LogP contribution in [0.25, 0.3) is 0 Å². The summed E-state index contributed by atoms with van der Waals surface area (Å²) in [4.78, 5) is 21.8. The Bertz CT molecular complexity index is 626. The minimum absolute atomic E-state index is 0.0376. The number of carbonyl (C=O) groups is 2. The number of hydrogen-bond donors (Lipinski definition) is 3. The molecule has 20 heavy (non-hydrogen) atoms. The van der Waals surface area contributed by atoms with E-state index in [0.717, 1.165) is 13.2 Å². The number of anilines is 1. The summed E-state index contributed by atoms with van der Waals surface area (Å²) < 4.78 is 27.0. The zero-order valence-electron chi connectivity index (χ0n) is 10.6. The number of carboxylic acids is 1. The third-order valence-corrected chi connectivity index (χ3v) is 3.29. The lowest BCUT2D eigenvalue weighted by molar-refractivity contribution is -0.136.